The van der Waals surface area contributed by atoms with Gasteiger partial charge >= 0.3 is 11.9 Å². The molecular weight excluding hydrogens is 510 g/mol. The number of fused-ring (bicyclic) bond motifs is 1. The van der Waals surface area contributed by atoms with Crippen LogP contribution in [0.5, 0.6) is 0 Å². The Hall–Kier alpha value is -2.53. The molecule has 7 atom stereocenters. The average Bonchev–Trinajstić information content (AvgIpc) is 3.38. The van der Waals surface area contributed by atoms with Crippen LogP contribution in [0.15, 0.2) is 40.9 Å². The molecule has 38 heavy (non-hydrogen) atoms. The number of thiophene rings is 1. The number of hydroxylamine groups is 1. The van der Waals surface area contributed by atoms with Crippen LogP contribution in [-0.2, 0) is 30.6 Å². The molecule has 1 aromatic rings. The van der Waals surface area contributed by atoms with Gasteiger partial charge in [-0.2, -0.15) is 0 Å². The van der Waals surface area contributed by atoms with Crippen LogP contribution in [0.1, 0.15) is 64.2 Å². The second kappa shape index (κ2) is 14.0. The predicted molar refractivity (Wildman–Crippen MR) is 142 cm³/mol. The van der Waals surface area contributed by atoms with Crippen molar-refractivity contribution in [2.45, 2.75) is 84.2 Å². The van der Waals surface area contributed by atoms with E-state index in [0.29, 0.717) is 31.6 Å². The van der Waals surface area contributed by atoms with Crippen LogP contribution >= 0.6 is 11.3 Å². The molecule has 0 amide bonds. The molecule has 10 heteroatoms. The molecule has 1 aromatic heterocycles. The number of aliphatic hydroxyl groups is 2. The van der Waals surface area contributed by atoms with E-state index in [-0.39, 0.29) is 48.3 Å². The zero-order chi connectivity index (χ0) is 27.8. The van der Waals surface area contributed by atoms with Gasteiger partial charge in [0.2, 0.25) is 0 Å². The van der Waals surface area contributed by atoms with Gasteiger partial charge in [-0.05, 0) is 54.7 Å². The number of esters is 1. The Kier molecular flexibility index (Phi) is 11.1. The van der Waals surface area contributed by atoms with E-state index < -0.39 is 30.7 Å². The molecule has 4 N–H and O–H groups in total. The van der Waals surface area contributed by atoms with Crippen molar-refractivity contribution < 1.29 is 39.3 Å². The van der Waals surface area contributed by atoms with Gasteiger partial charge in [-0.3, -0.25) is 24.7 Å². The predicted octanol–water partition coefficient (Wildman–Crippen LogP) is 3.76. The molecule has 0 saturated heterocycles. The summed E-state index contributed by atoms with van der Waals surface area (Å²) in [5, 5.41) is 31.3. The minimum Gasteiger partial charge on any atom is -0.481 e. The van der Waals surface area contributed by atoms with E-state index in [1.54, 1.807) is 17.4 Å². The van der Waals surface area contributed by atoms with Gasteiger partial charge in [-0.25, -0.2) is 0 Å². The number of ether oxygens (including phenoxy) is 1. The summed E-state index contributed by atoms with van der Waals surface area (Å²) in [6.07, 6.45) is 2.27. The fourth-order valence-electron chi connectivity index (χ4n) is 5.13. The lowest BCUT2D eigenvalue weighted by atomic mass is 9.64. The normalized spacial score (nSPS) is 25.4. The number of carbonyl (C=O) groups is 3. The van der Waals surface area contributed by atoms with Gasteiger partial charge in [0.25, 0.3) is 0 Å². The smallest absolute Gasteiger partial charge is 0.308 e. The van der Waals surface area contributed by atoms with Crippen LogP contribution in [0.4, 0.5) is 0 Å². The van der Waals surface area contributed by atoms with Crippen molar-refractivity contribution in [1.29, 1.82) is 0 Å². The van der Waals surface area contributed by atoms with Crippen LogP contribution in [0.3, 0.4) is 0 Å². The molecule has 0 spiro atoms. The number of allylic oxidation sites excluding steroid dienone is 2. The van der Waals surface area contributed by atoms with Gasteiger partial charge in [0.05, 0.1) is 30.2 Å². The number of ketones is 1. The van der Waals surface area contributed by atoms with Crippen molar-refractivity contribution in [3.8, 4) is 0 Å². The van der Waals surface area contributed by atoms with Crippen LogP contribution in [0, 0.1) is 23.7 Å². The summed E-state index contributed by atoms with van der Waals surface area (Å²) in [5.41, 5.74) is 4.39. The fourth-order valence-corrected chi connectivity index (χ4v) is 5.75. The molecule has 0 radical (unpaired) electrons. The highest BCUT2D eigenvalue weighted by molar-refractivity contribution is 7.09. The third kappa shape index (κ3) is 7.99. The SMILES string of the molecule is CCC(C)C(=O)OC1CC=C(NOCc2cccs2)C2=CC(=O)C(C)C(CCC(O)CC(O)CC(=O)O)C21. The van der Waals surface area contributed by atoms with Crippen LogP contribution in [0.25, 0.3) is 0 Å². The topological polar surface area (TPSA) is 142 Å². The molecule has 0 aliphatic heterocycles. The lowest BCUT2D eigenvalue weighted by molar-refractivity contribution is -0.157. The summed E-state index contributed by atoms with van der Waals surface area (Å²) < 4.78 is 5.98. The highest BCUT2D eigenvalue weighted by Gasteiger charge is 2.45. The third-order valence-electron chi connectivity index (χ3n) is 7.52. The summed E-state index contributed by atoms with van der Waals surface area (Å²) in [7, 11) is 0. The molecule has 3 rings (SSSR count). The van der Waals surface area contributed by atoms with Gasteiger partial charge < -0.3 is 20.1 Å². The summed E-state index contributed by atoms with van der Waals surface area (Å²) in [6, 6.07) is 3.91. The number of carboxylic acid groups (broad SMARTS) is 1. The molecule has 2 aliphatic rings. The average molecular weight is 550 g/mol. The Labute approximate surface area is 227 Å². The second-order valence-electron chi connectivity index (χ2n) is 10.3. The molecule has 0 aromatic carbocycles. The number of nitrogens with one attached hydrogen (secondary N) is 1. The number of rotatable bonds is 14. The monoisotopic (exact) mass is 549 g/mol. The number of carbonyl (C=O) groups excluding carboxylic acids is 2. The minimum atomic E-state index is -1.15. The van der Waals surface area contributed by atoms with Gasteiger partial charge in [0.1, 0.15) is 12.7 Å². The highest BCUT2D eigenvalue weighted by Crippen LogP contribution is 2.45. The summed E-state index contributed by atoms with van der Waals surface area (Å²) in [4.78, 5) is 43.4. The van der Waals surface area contributed by atoms with E-state index >= 15 is 0 Å². The largest absolute Gasteiger partial charge is 0.481 e. The van der Waals surface area contributed by atoms with Crippen molar-refractivity contribution in [1.82, 2.24) is 5.48 Å². The number of hydrogen-bond donors (Lipinski definition) is 4. The number of hydrogen-bond acceptors (Lipinski definition) is 9. The number of carboxylic acids is 1. The molecule has 0 fully saturated rings. The van der Waals surface area contributed by atoms with Gasteiger partial charge in [-0.15, -0.1) is 11.3 Å². The van der Waals surface area contributed by atoms with Crippen LogP contribution in [0.2, 0.25) is 0 Å². The Morgan fingerprint density at radius 1 is 1.26 bits per heavy atom. The maximum atomic E-state index is 13.0. The number of aliphatic hydroxyl groups excluding tert-OH is 2. The maximum Gasteiger partial charge on any atom is 0.308 e. The van der Waals surface area contributed by atoms with E-state index in [1.165, 1.54) is 0 Å². The van der Waals surface area contributed by atoms with Gasteiger partial charge in [0.15, 0.2) is 5.78 Å². The molecule has 9 nitrogen and oxygen atoms in total. The van der Waals surface area contributed by atoms with Crippen molar-refractivity contribution in [2.75, 3.05) is 0 Å². The summed E-state index contributed by atoms with van der Waals surface area (Å²) in [6.45, 7) is 5.96. The molecule has 0 bridgehead atoms. The third-order valence-corrected chi connectivity index (χ3v) is 8.37. The Morgan fingerprint density at radius 3 is 2.68 bits per heavy atom. The van der Waals surface area contributed by atoms with E-state index in [2.05, 4.69) is 5.48 Å². The van der Waals surface area contributed by atoms with E-state index in [9.17, 15) is 24.6 Å². The van der Waals surface area contributed by atoms with E-state index in [0.717, 1.165) is 10.5 Å². The van der Waals surface area contributed by atoms with Crippen molar-refractivity contribution >= 4 is 29.1 Å². The zero-order valence-corrected chi connectivity index (χ0v) is 23.0. The highest BCUT2D eigenvalue weighted by atomic mass is 32.1. The maximum absolute atomic E-state index is 13.0. The van der Waals surface area contributed by atoms with Crippen molar-refractivity contribution in [3.63, 3.8) is 0 Å². The van der Waals surface area contributed by atoms with Gasteiger partial charge in [-0.1, -0.05) is 32.9 Å². The lowest BCUT2D eigenvalue weighted by Crippen LogP contribution is -2.45. The molecule has 2 aliphatic carbocycles. The van der Waals surface area contributed by atoms with Crippen LogP contribution < -0.4 is 5.48 Å². The Morgan fingerprint density at radius 2 is 2.03 bits per heavy atom. The number of aliphatic carboxylic acids is 1. The van der Waals surface area contributed by atoms with E-state index in [4.69, 9.17) is 14.7 Å². The molecule has 210 valence electrons. The Balaban J connectivity index is 1.79. The molecule has 7 unspecified atom stereocenters. The molecule has 1 heterocycles. The zero-order valence-electron chi connectivity index (χ0n) is 22.2. The lowest BCUT2D eigenvalue weighted by Gasteiger charge is -2.43. The first kappa shape index (κ1) is 30.0. The van der Waals surface area contributed by atoms with Crippen LogP contribution in [-0.4, -0.2) is 51.4 Å². The van der Waals surface area contributed by atoms with Crippen molar-refractivity contribution in [3.05, 3.63) is 45.8 Å². The first-order valence-electron chi connectivity index (χ1n) is 13.2. The van der Waals surface area contributed by atoms with E-state index in [1.807, 2.05) is 44.4 Å². The first-order valence-corrected chi connectivity index (χ1v) is 14.1. The quantitative estimate of drug-likeness (QED) is 0.201. The van der Waals surface area contributed by atoms with Gasteiger partial charge in [0, 0.05) is 23.1 Å². The van der Waals surface area contributed by atoms with Crippen molar-refractivity contribution in [2.24, 2.45) is 23.7 Å². The molecular formula is C28H39NO8S. The fraction of sp³-hybridized carbons (Fsp3) is 0.607. The summed E-state index contributed by atoms with van der Waals surface area (Å²) in [5.74, 6) is -2.60. The first-order chi connectivity index (χ1) is 18.1. The molecule has 0 saturated carbocycles. The standard InChI is InChI=1S/C28H39NO8S/c1-4-16(2)28(35)37-25-10-9-23(29-36-15-20-6-5-11-38-20)22-14-24(32)17(3)21(27(22)25)8-7-18(30)12-19(31)13-26(33)34/h5-6,9,11,14,16-19,21,25,27,29-31H,4,7-8,10,12-13,15H2,1-3H3,(H,33,34). The Bertz CT molecular complexity index is 1020. The summed E-state index contributed by atoms with van der Waals surface area (Å²) >= 11 is 1.58. The minimum absolute atomic E-state index is 0.0542. The second-order valence-corrected chi connectivity index (χ2v) is 11.3.